The monoisotopic (exact) mass is 211 g/mol. The summed E-state index contributed by atoms with van der Waals surface area (Å²) in [6.45, 7) is 1.76. The van der Waals surface area contributed by atoms with Gasteiger partial charge in [0.2, 0.25) is 10.0 Å². The molecule has 0 bridgehead atoms. The maximum atomic E-state index is 11.3. The van der Waals surface area contributed by atoms with Gasteiger partial charge in [0.15, 0.2) is 0 Å². The minimum Gasteiger partial charge on any atom is -0.212 e. The summed E-state index contributed by atoms with van der Waals surface area (Å²) < 4.78 is 25.1. The van der Waals surface area contributed by atoms with Gasteiger partial charge in [0.1, 0.15) is 0 Å². The van der Waals surface area contributed by atoms with Crippen molar-refractivity contribution in [1.29, 1.82) is 0 Å². The highest BCUT2D eigenvalue weighted by Crippen LogP contribution is 2.29. The lowest BCUT2D eigenvalue weighted by Crippen LogP contribution is -2.35. The van der Waals surface area contributed by atoms with E-state index >= 15 is 0 Å². The third-order valence-electron chi connectivity index (χ3n) is 1.76. The van der Waals surface area contributed by atoms with Crippen LogP contribution in [0, 0.1) is 5.92 Å². The van der Waals surface area contributed by atoms with E-state index in [2.05, 4.69) is 4.72 Å². The molecule has 0 heterocycles. The van der Waals surface area contributed by atoms with Gasteiger partial charge in [-0.2, -0.15) is 0 Å². The number of sulfonamides is 1. The second kappa shape index (κ2) is 3.94. The zero-order valence-corrected chi connectivity index (χ0v) is 8.66. The van der Waals surface area contributed by atoms with Gasteiger partial charge in [-0.15, -0.1) is 11.6 Å². The Bertz CT molecular complexity index is 236. The summed E-state index contributed by atoms with van der Waals surface area (Å²) in [6.07, 6.45) is 2.10. The van der Waals surface area contributed by atoms with Gasteiger partial charge in [0.05, 0.1) is 5.75 Å². The minimum absolute atomic E-state index is 0.157. The van der Waals surface area contributed by atoms with Crippen molar-refractivity contribution in [2.24, 2.45) is 5.92 Å². The summed E-state index contributed by atoms with van der Waals surface area (Å²) >= 11 is 5.48. The molecule has 1 rings (SSSR count). The van der Waals surface area contributed by atoms with E-state index in [1.807, 2.05) is 0 Å². The molecule has 12 heavy (non-hydrogen) atoms. The van der Waals surface area contributed by atoms with Crippen LogP contribution in [0.2, 0.25) is 0 Å². The van der Waals surface area contributed by atoms with Crippen LogP contribution >= 0.6 is 11.6 Å². The molecular formula is C7H14ClNO2S. The molecule has 1 aliphatic rings. The lowest BCUT2D eigenvalue weighted by molar-refractivity contribution is 0.567. The zero-order chi connectivity index (χ0) is 9.19. The van der Waals surface area contributed by atoms with Crippen molar-refractivity contribution in [3.8, 4) is 0 Å². The van der Waals surface area contributed by atoms with Crippen LogP contribution in [0.15, 0.2) is 0 Å². The van der Waals surface area contributed by atoms with E-state index in [9.17, 15) is 8.42 Å². The quantitative estimate of drug-likeness (QED) is 0.689. The first-order valence-corrected chi connectivity index (χ1v) is 6.28. The van der Waals surface area contributed by atoms with Crippen molar-refractivity contribution in [3.63, 3.8) is 0 Å². The van der Waals surface area contributed by atoms with Crippen LogP contribution < -0.4 is 4.72 Å². The van der Waals surface area contributed by atoms with Gasteiger partial charge in [-0.25, -0.2) is 13.1 Å². The van der Waals surface area contributed by atoms with Crippen molar-refractivity contribution in [3.05, 3.63) is 0 Å². The number of halogens is 1. The Morgan fingerprint density at radius 3 is 2.58 bits per heavy atom. The summed E-state index contributed by atoms with van der Waals surface area (Å²) in [5, 5.41) is 0. The summed E-state index contributed by atoms with van der Waals surface area (Å²) in [7, 11) is -3.06. The van der Waals surface area contributed by atoms with Gasteiger partial charge in [-0.05, 0) is 25.7 Å². The molecule has 1 unspecified atom stereocenters. The summed E-state index contributed by atoms with van der Waals surface area (Å²) in [6, 6.07) is -0.157. The van der Waals surface area contributed by atoms with Crippen molar-refractivity contribution >= 4 is 21.6 Å². The number of hydrogen-bond donors (Lipinski definition) is 1. The van der Waals surface area contributed by atoms with Crippen LogP contribution in [0.25, 0.3) is 0 Å². The highest BCUT2D eigenvalue weighted by atomic mass is 35.5. The number of nitrogens with one attached hydrogen (secondary N) is 1. The lowest BCUT2D eigenvalue weighted by atomic mass is 10.4. The summed E-state index contributed by atoms with van der Waals surface area (Å²) in [5.41, 5.74) is 0. The Balaban J connectivity index is 2.36. The molecule has 0 aliphatic heterocycles. The first kappa shape index (κ1) is 10.3. The molecule has 1 fully saturated rings. The van der Waals surface area contributed by atoms with Crippen LogP contribution in [-0.4, -0.2) is 26.1 Å². The Labute approximate surface area is 78.5 Å². The van der Waals surface area contributed by atoms with Crippen LogP contribution in [-0.2, 0) is 10.0 Å². The molecule has 0 radical (unpaired) electrons. The van der Waals surface area contributed by atoms with Crippen LogP contribution in [0.4, 0.5) is 0 Å². The molecule has 1 N–H and O–H groups in total. The molecule has 3 nitrogen and oxygen atoms in total. The average molecular weight is 212 g/mol. The molecule has 0 saturated heterocycles. The zero-order valence-electron chi connectivity index (χ0n) is 7.09. The number of rotatable bonds is 5. The Kier molecular flexibility index (Phi) is 3.37. The topological polar surface area (TPSA) is 46.2 Å². The van der Waals surface area contributed by atoms with Crippen molar-refractivity contribution < 1.29 is 8.42 Å². The van der Waals surface area contributed by atoms with Gasteiger partial charge in [-0.1, -0.05) is 0 Å². The molecule has 0 aromatic heterocycles. The Morgan fingerprint density at radius 1 is 1.58 bits per heavy atom. The summed E-state index contributed by atoms with van der Waals surface area (Å²) in [4.78, 5) is 0. The molecule has 0 aromatic carbocycles. The van der Waals surface area contributed by atoms with Crippen LogP contribution in [0.3, 0.4) is 0 Å². The molecule has 0 aromatic rings. The smallest absolute Gasteiger partial charge is 0.212 e. The molecule has 5 heteroatoms. The largest absolute Gasteiger partial charge is 0.212 e. The molecule has 1 atom stereocenters. The van der Waals surface area contributed by atoms with Gasteiger partial charge < -0.3 is 0 Å². The van der Waals surface area contributed by atoms with E-state index in [1.54, 1.807) is 6.92 Å². The van der Waals surface area contributed by atoms with E-state index in [1.165, 1.54) is 0 Å². The molecule has 0 spiro atoms. The van der Waals surface area contributed by atoms with Gasteiger partial charge in [0.25, 0.3) is 0 Å². The number of alkyl halides is 1. The standard InChI is InChI=1S/C7H14ClNO2S/c1-6(4-8)9-12(10,11)5-7-2-3-7/h6-7,9H,2-5H2,1H3. The van der Waals surface area contributed by atoms with E-state index < -0.39 is 10.0 Å². The molecule has 1 aliphatic carbocycles. The number of hydrogen-bond acceptors (Lipinski definition) is 2. The van der Waals surface area contributed by atoms with Crippen molar-refractivity contribution in [2.45, 2.75) is 25.8 Å². The normalized spacial score (nSPS) is 20.8. The minimum atomic E-state index is -3.06. The average Bonchev–Trinajstić information content (AvgIpc) is 2.69. The van der Waals surface area contributed by atoms with Crippen molar-refractivity contribution in [2.75, 3.05) is 11.6 Å². The maximum absolute atomic E-state index is 11.3. The van der Waals surface area contributed by atoms with Crippen LogP contribution in [0.1, 0.15) is 19.8 Å². The Morgan fingerprint density at radius 2 is 2.17 bits per heavy atom. The predicted octanol–water partition coefficient (Wildman–Crippen LogP) is 0.943. The Hall–Kier alpha value is 0.200. The fourth-order valence-corrected chi connectivity index (χ4v) is 2.90. The molecule has 1 saturated carbocycles. The fraction of sp³-hybridized carbons (Fsp3) is 1.00. The second-order valence-electron chi connectivity index (χ2n) is 3.40. The first-order valence-electron chi connectivity index (χ1n) is 4.09. The molecule has 72 valence electrons. The van der Waals surface area contributed by atoms with E-state index in [-0.39, 0.29) is 11.8 Å². The first-order chi connectivity index (χ1) is 5.53. The predicted molar refractivity (Wildman–Crippen MR) is 49.8 cm³/mol. The van der Waals surface area contributed by atoms with E-state index in [0.717, 1.165) is 12.8 Å². The lowest BCUT2D eigenvalue weighted by Gasteiger charge is -2.10. The van der Waals surface area contributed by atoms with Crippen molar-refractivity contribution in [1.82, 2.24) is 4.72 Å². The maximum Gasteiger partial charge on any atom is 0.212 e. The third kappa shape index (κ3) is 3.74. The highest BCUT2D eigenvalue weighted by molar-refractivity contribution is 7.89. The molecular weight excluding hydrogens is 198 g/mol. The van der Waals surface area contributed by atoms with Gasteiger partial charge in [0, 0.05) is 11.9 Å². The fourth-order valence-electron chi connectivity index (χ4n) is 0.981. The van der Waals surface area contributed by atoms with E-state index in [0.29, 0.717) is 11.8 Å². The second-order valence-corrected chi connectivity index (χ2v) is 5.51. The molecule has 0 amide bonds. The van der Waals surface area contributed by atoms with Crippen LogP contribution in [0.5, 0.6) is 0 Å². The summed E-state index contributed by atoms with van der Waals surface area (Å²) in [5.74, 6) is 0.989. The van der Waals surface area contributed by atoms with Gasteiger partial charge in [-0.3, -0.25) is 0 Å². The third-order valence-corrected chi connectivity index (χ3v) is 3.90. The van der Waals surface area contributed by atoms with E-state index in [4.69, 9.17) is 11.6 Å². The SMILES string of the molecule is CC(CCl)NS(=O)(=O)CC1CC1. The van der Waals surface area contributed by atoms with Gasteiger partial charge >= 0.3 is 0 Å². The highest BCUT2D eigenvalue weighted by Gasteiger charge is 2.28.